The van der Waals surface area contributed by atoms with Gasteiger partial charge in [-0.15, -0.1) is 10.2 Å². The molecule has 0 saturated carbocycles. The lowest BCUT2D eigenvalue weighted by molar-refractivity contribution is 0.584. The molecule has 0 spiro atoms. The number of rotatable bonds is 2. The minimum atomic E-state index is 0.399. The molecule has 0 bridgehead atoms. The second-order valence-electron chi connectivity index (χ2n) is 5.57. The minimum absolute atomic E-state index is 0.399. The first kappa shape index (κ1) is 13.9. The molecule has 3 N–H and O–H groups in total. The first-order valence-corrected chi connectivity index (χ1v) is 7.63. The predicted molar refractivity (Wildman–Crippen MR) is 88.2 cm³/mol. The smallest absolute Gasteiger partial charge is 0.209 e. The van der Waals surface area contributed by atoms with Crippen LogP contribution in [0.4, 0.5) is 11.8 Å². The van der Waals surface area contributed by atoms with Crippen molar-refractivity contribution in [2.75, 3.05) is 36.8 Å². The Labute approximate surface area is 133 Å². The molecule has 3 aromatic heterocycles. The molecule has 0 atom stereocenters. The van der Waals surface area contributed by atoms with E-state index >= 15 is 0 Å². The van der Waals surface area contributed by atoms with Gasteiger partial charge >= 0.3 is 0 Å². The number of piperazine rings is 1. The molecule has 1 fully saturated rings. The van der Waals surface area contributed by atoms with Crippen molar-refractivity contribution in [3.05, 3.63) is 30.1 Å². The highest BCUT2D eigenvalue weighted by atomic mass is 15.3. The number of nitrogen functional groups attached to an aromatic ring is 1. The highest BCUT2D eigenvalue weighted by molar-refractivity contribution is 5.69. The summed E-state index contributed by atoms with van der Waals surface area (Å²) in [5.41, 5.74) is 8.88. The minimum Gasteiger partial charge on any atom is -0.369 e. The quantitative estimate of drug-likeness (QED) is 0.710. The van der Waals surface area contributed by atoms with Gasteiger partial charge in [-0.05, 0) is 19.1 Å². The molecule has 1 saturated heterocycles. The first-order chi connectivity index (χ1) is 11.3. The molecule has 1 aliphatic heterocycles. The largest absolute Gasteiger partial charge is 0.369 e. The van der Waals surface area contributed by atoms with E-state index in [0.29, 0.717) is 11.8 Å². The Balaban J connectivity index is 1.87. The lowest BCUT2D eigenvalue weighted by Crippen LogP contribution is -2.44. The lowest BCUT2D eigenvalue weighted by Gasteiger charge is -2.29. The van der Waals surface area contributed by atoms with E-state index in [1.165, 1.54) is 0 Å². The van der Waals surface area contributed by atoms with Gasteiger partial charge < -0.3 is 16.0 Å². The van der Waals surface area contributed by atoms with Gasteiger partial charge in [0.15, 0.2) is 11.5 Å². The van der Waals surface area contributed by atoms with E-state index in [1.54, 1.807) is 16.8 Å². The fourth-order valence-electron chi connectivity index (χ4n) is 2.96. The SMILES string of the molecule is Cc1c(N2CCNCC2)nc(N)n2c(-c3ccncc3)nnc12. The summed E-state index contributed by atoms with van der Waals surface area (Å²) in [7, 11) is 0. The molecule has 0 radical (unpaired) electrons. The molecule has 0 amide bonds. The molecule has 8 nitrogen and oxygen atoms in total. The standard InChI is InChI=1S/C15H18N8/c1-10-12(22-8-6-18-7-9-22)19-15(16)23-13(10)20-21-14(23)11-2-4-17-5-3-11/h2-5,18H,6-9H2,1H3,(H2,16,19). The van der Waals surface area contributed by atoms with E-state index in [2.05, 4.69) is 30.4 Å². The zero-order valence-electron chi connectivity index (χ0n) is 12.9. The maximum atomic E-state index is 6.23. The normalized spacial score (nSPS) is 15.3. The third-order valence-electron chi connectivity index (χ3n) is 4.14. The molecule has 4 heterocycles. The van der Waals surface area contributed by atoms with E-state index in [-0.39, 0.29) is 0 Å². The highest BCUT2D eigenvalue weighted by Gasteiger charge is 2.21. The number of hydrogen-bond donors (Lipinski definition) is 2. The summed E-state index contributed by atoms with van der Waals surface area (Å²) < 4.78 is 1.80. The van der Waals surface area contributed by atoms with E-state index in [1.807, 2.05) is 19.1 Å². The van der Waals surface area contributed by atoms with E-state index < -0.39 is 0 Å². The number of pyridine rings is 1. The van der Waals surface area contributed by atoms with Crippen molar-refractivity contribution in [2.45, 2.75) is 6.92 Å². The summed E-state index contributed by atoms with van der Waals surface area (Å²) in [6.45, 7) is 5.73. The van der Waals surface area contributed by atoms with Gasteiger partial charge in [0.25, 0.3) is 0 Å². The van der Waals surface area contributed by atoms with Crippen molar-refractivity contribution < 1.29 is 0 Å². The van der Waals surface area contributed by atoms with Crippen LogP contribution in [0, 0.1) is 6.92 Å². The number of anilines is 2. The van der Waals surface area contributed by atoms with Gasteiger partial charge in [-0.25, -0.2) is 4.40 Å². The van der Waals surface area contributed by atoms with Gasteiger partial charge in [0.05, 0.1) is 0 Å². The van der Waals surface area contributed by atoms with E-state index in [4.69, 9.17) is 5.73 Å². The van der Waals surface area contributed by atoms with Crippen LogP contribution in [0.1, 0.15) is 5.56 Å². The Kier molecular flexibility index (Phi) is 3.30. The molecular formula is C15H18N8. The zero-order valence-corrected chi connectivity index (χ0v) is 12.9. The van der Waals surface area contributed by atoms with Crippen molar-refractivity contribution in [3.63, 3.8) is 0 Å². The Hall–Kier alpha value is -2.74. The van der Waals surface area contributed by atoms with Crippen LogP contribution >= 0.6 is 0 Å². The Morgan fingerprint density at radius 1 is 1.13 bits per heavy atom. The number of nitrogens with one attached hydrogen (secondary N) is 1. The first-order valence-electron chi connectivity index (χ1n) is 7.63. The number of aromatic nitrogens is 5. The van der Waals surface area contributed by atoms with Crippen LogP contribution in [0.25, 0.3) is 17.0 Å². The lowest BCUT2D eigenvalue weighted by atomic mass is 10.2. The topological polar surface area (TPSA) is 97.3 Å². The summed E-state index contributed by atoms with van der Waals surface area (Å²) in [4.78, 5) is 10.9. The van der Waals surface area contributed by atoms with Gasteiger partial charge in [0, 0.05) is 49.7 Å². The molecule has 0 aliphatic carbocycles. The van der Waals surface area contributed by atoms with Crippen molar-refractivity contribution in [1.29, 1.82) is 0 Å². The number of fused-ring (bicyclic) bond motifs is 1. The summed E-state index contributed by atoms with van der Waals surface area (Å²) in [6.07, 6.45) is 3.45. The second kappa shape index (κ2) is 5.47. The fourth-order valence-corrected chi connectivity index (χ4v) is 2.96. The summed E-state index contributed by atoms with van der Waals surface area (Å²) in [5, 5.41) is 12.0. The molecule has 3 aromatic rings. The third-order valence-corrected chi connectivity index (χ3v) is 4.14. The average molecular weight is 310 g/mol. The molecule has 118 valence electrons. The fraction of sp³-hybridized carbons (Fsp3) is 0.333. The maximum Gasteiger partial charge on any atom is 0.209 e. The van der Waals surface area contributed by atoms with E-state index in [0.717, 1.165) is 48.8 Å². The summed E-state index contributed by atoms with van der Waals surface area (Å²) >= 11 is 0. The highest BCUT2D eigenvalue weighted by Crippen LogP contribution is 2.27. The van der Waals surface area contributed by atoms with Crippen LogP contribution in [0.15, 0.2) is 24.5 Å². The van der Waals surface area contributed by atoms with Gasteiger partial charge in [-0.3, -0.25) is 4.98 Å². The summed E-state index contributed by atoms with van der Waals surface area (Å²) in [6, 6.07) is 3.77. The van der Waals surface area contributed by atoms with Crippen molar-refractivity contribution in [2.24, 2.45) is 0 Å². The van der Waals surface area contributed by atoms with Crippen molar-refractivity contribution in [3.8, 4) is 11.4 Å². The van der Waals surface area contributed by atoms with E-state index in [9.17, 15) is 0 Å². The van der Waals surface area contributed by atoms with Gasteiger partial charge in [0.1, 0.15) is 5.82 Å². The van der Waals surface area contributed by atoms with Crippen molar-refractivity contribution in [1.82, 2.24) is 29.9 Å². The number of nitrogens with zero attached hydrogens (tertiary/aromatic N) is 6. The van der Waals surface area contributed by atoms with Gasteiger partial charge in [0.2, 0.25) is 5.95 Å². The monoisotopic (exact) mass is 310 g/mol. The Morgan fingerprint density at radius 3 is 2.61 bits per heavy atom. The summed E-state index contributed by atoms with van der Waals surface area (Å²) in [5.74, 6) is 1.98. The molecule has 23 heavy (non-hydrogen) atoms. The van der Waals surface area contributed by atoms with Crippen LogP contribution in [0.3, 0.4) is 0 Å². The van der Waals surface area contributed by atoms with Gasteiger partial charge in [-0.2, -0.15) is 4.98 Å². The molecule has 0 unspecified atom stereocenters. The molecule has 0 aromatic carbocycles. The van der Waals surface area contributed by atoms with Crippen LogP contribution < -0.4 is 16.0 Å². The third kappa shape index (κ3) is 2.27. The molecule has 8 heteroatoms. The number of hydrogen-bond acceptors (Lipinski definition) is 7. The molecular weight excluding hydrogens is 292 g/mol. The van der Waals surface area contributed by atoms with Crippen molar-refractivity contribution >= 4 is 17.4 Å². The number of aryl methyl sites for hydroxylation is 1. The Bertz CT molecular complexity index is 836. The van der Waals surface area contributed by atoms with Crippen LogP contribution in [-0.4, -0.2) is 50.7 Å². The van der Waals surface area contributed by atoms with Crippen LogP contribution in [0.5, 0.6) is 0 Å². The molecule has 4 rings (SSSR count). The number of nitrogens with two attached hydrogens (primary N) is 1. The molecule has 1 aliphatic rings. The predicted octanol–water partition coefficient (Wildman–Crippen LogP) is 0.487. The van der Waals surface area contributed by atoms with Crippen LogP contribution in [0.2, 0.25) is 0 Å². The maximum absolute atomic E-state index is 6.23. The zero-order chi connectivity index (χ0) is 15.8. The average Bonchev–Trinajstić information content (AvgIpc) is 3.06. The Morgan fingerprint density at radius 2 is 1.87 bits per heavy atom. The second-order valence-corrected chi connectivity index (χ2v) is 5.57. The van der Waals surface area contributed by atoms with Gasteiger partial charge in [-0.1, -0.05) is 0 Å². The van der Waals surface area contributed by atoms with Crippen LogP contribution in [-0.2, 0) is 0 Å².